The van der Waals surface area contributed by atoms with Crippen molar-refractivity contribution in [2.24, 2.45) is 0 Å². The summed E-state index contributed by atoms with van der Waals surface area (Å²) >= 11 is 0. The molecule has 6 rings (SSSR count). The zero-order valence-electron chi connectivity index (χ0n) is 31.6. The average Bonchev–Trinajstić information content (AvgIpc) is 3.89. The first-order valence-electron chi connectivity index (χ1n) is 17.7. The lowest BCUT2D eigenvalue weighted by Gasteiger charge is -2.11. The number of carbonyl (C=O) groups excluding carboxylic acids is 3. The van der Waals surface area contributed by atoms with E-state index in [1.807, 2.05) is 110 Å². The molecular formula is C44H54N2O6. The van der Waals surface area contributed by atoms with Crippen molar-refractivity contribution in [3.05, 3.63) is 157 Å². The summed E-state index contributed by atoms with van der Waals surface area (Å²) in [5, 5.41) is 11.7. The first-order valence-corrected chi connectivity index (χ1v) is 17.7. The molecule has 0 aliphatic rings. The topological polar surface area (TPSA) is 129 Å². The van der Waals surface area contributed by atoms with Gasteiger partial charge in [0.15, 0.2) is 11.6 Å². The van der Waals surface area contributed by atoms with Gasteiger partial charge in [-0.2, -0.15) is 0 Å². The number of H-pyrrole nitrogens is 2. The lowest BCUT2D eigenvalue weighted by atomic mass is 9.91. The average molecular weight is 707 g/mol. The van der Waals surface area contributed by atoms with Crippen molar-refractivity contribution in [3.63, 3.8) is 0 Å². The molecule has 1 unspecified atom stereocenters. The number of para-hydroxylation sites is 2. The zero-order valence-corrected chi connectivity index (χ0v) is 31.6. The van der Waals surface area contributed by atoms with Crippen molar-refractivity contribution in [2.45, 2.75) is 67.7 Å². The predicted octanol–water partition coefficient (Wildman–Crippen LogP) is 11.4. The number of aromatic amines is 2. The molecule has 0 saturated heterocycles. The van der Waals surface area contributed by atoms with Gasteiger partial charge in [-0.1, -0.05) is 152 Å². The Balaban J connectivity index is 0.000000737. The SMILES string of the molecule is CC.CC.CC.CC.O=C(CC(C(=O)O)c1c[nH]c2ccccc12)c1ccccc1.O=CO/C=C/C(=O)c1ccccc1.c1ccc2[nH]ccc2c1. The van der Waals surface area contributed by atoms with E-state index in [0.717, 1.165) is 17.2 Å². The number of nitrogens with one attached hydrogen (secondary N) is 2. The van der Waals surface area contributed by atoms with Crippen molar-refractivity contribution in [1.29, 1.82) is 0 Å². The van der Waals surface area contributed by atoms with E-state index >= 15 is 0 Å². The summed E-state index contributed by atoms with van der Waals surface area (Å²) in [4.78, 5) is 51.1. The largest absolute Gasteiger partial charge is 0.481 e. The van der Waals surface area contributed by atoms with E-state index in [4.69, 9.17) is 0 Å². The van der Waals surface area contributed by atoms with Crippen molar-refractivity contribution in [1.82, 2.24) is 9.97 Å². The van der Waals surface area contributed by atoms with E-state index in [2.05, 4.69) is 32.9 Å². The predicted molar refractivity (Wildman–Crippen MR) is 215 cm³/mol. The van der Waals surface area contributed by atoms with Gasteiger partial charge in [0.1, 0.15) is 0 Å². The van der Waals surface area contributed by atoms with Gasteiger partial charge in [-0.25, -0.2) is 0 Å². The standard InChI is InChI=1S/C18H15NO3.C10H8O3.C8H7N.4C2H6/c20-17(12-6-2-1-3-7-12)10-14(18(21)22)15-11-19-16-9-5-4-8-13(15)16;11-8-13-7-6-10(12)9-4-2-1-3-5-9;1-2-4-8-7(3-1)5-6-9-8;4*1-2/h1-9,11,14,19H,10H2,(H,21,22);1-8H;1-6,9H;4*1-2H3/b;7-6+;;;;;. The Hall–Kier alpha value is -6.02. The second-order valence-corrected chi connectivity index (χ2v) is 9.50. The maximum atomic E-state index is 12.3. The molecule has 276 valence electrons. The summed E-state index contributed by atoms with van der Waals surface area (Å²) in [5.74, 6) is -2.21. The summed E-state index contributed by atoms with van der Waals surface area (Å²) in [6, 6.07) is 35.3. The Morgan fingerprint density at radius 2 is 1.17 bits per heavy atom. The first kappa shape index (κ1) is 46.0. The fourth-order valence-corrected chi connectivity index (χ4v) is 4.47. The smallest absolute Gasteiger partial charge is 0.311 e. The molecule has 0 amide bonds. The quantitative estimate of drug-likeness (QED) is 0.0594. The van der Waals surface area contributed by atoms with Gasteiger partial charge in [-0.3, -0.25) is 19.2 Å². The molecular weight excluding hydrogens is 652 g/mol. The van der Waals surface area contributed by atoms with Crippen LogP contribution in [0.3, 0.4) is 0 Å². The molecule has 0 radical (unpaired) electrons. The van der Waals surface area contributed by atoms with Crippen molar-refractivity contribution < 1.29 is 29.0 Å². The number of hydrogen-bond donors (Lipinski definition) is 3. The molecule has 2 heterocycles. The van der Waals surface area contributed by atoms with E-state index < -0.39 is 11.9 Å². The molecule has 0 saturated carbocycles. The fourth-order valence-electron chi connectivity index (χ4n) is 4.47. The van der Waals surface area contributed by atoms with Gasteiger partial charge in [-0.05, 0) is 29.1 Å². The Morgan fingerprint density at radius 3 is 1.73 bits per heavy atom. The van der Waals surface area contributed by atoms with Crippen LogP contribution in [0.25, 0.3) is 21.8 Å². The van der Waals surface area contributed by atoms with Gasteiger partial charge in [0.05, 0.1) is 12.2 Å². The molecule has 3 N–H and O–H groups in total. The number of fused-ring (bicyclic) bond motifs is 2. The number of carbonyl (C=O) groups is 4. The van der Waals surface area contributed by atoms with Gasteiger partial charge >= 0.3 is 5.97 Å². The Bertz CT molecular complexity index is 1830. The highest BCUT2D eigenvalue weighted by atomic mass is 16.5. The molecule has 0 aliphatic heterocycles. The minimum Gasteiger partial charge on any atom is -0.481 e. The van der Waals surface area contributed by atoms with Gasteiger partial charge in [0.2, 0.25) is 0 Å². The zero-order chi connectivity index (χ0) is 39.1. The van der Waals surface area contributed by atoms with Crippen LogP contribution in [0.4, 0.5) is 0 Å². The van der Waals surface area contributed by atoms with Crippen LogP contribution in [0, 0.1) is 0 Å². The van der Waals surface area contributed by atoms with Crippen LogP contribution in [-0.4, -0.2) is 39.1 Å². The second kappa shape index (κ2) is 28.8. The molecule has 0 bridgehead atoms. The van der Waals surface area contributed by atoms with Gasteiger partial charge < -0.3 is 19.8 Å². The van der Waals surface area contributed by atoms with Crippen LogP contribution in [0.2, 0.25) is 0 Å². The highest BCUT2D eigenvalue weighted by Gasteiger charge is 2.26. The first-order chi connectivity index (χ1) is 25.5. The van der Waals surface area contributed by atoms with E-state index in [-0.39, 0.29) is 24.5 Å². The lowest BCUT2D eigenvalue weighted by molar-refractivity contribution is -0.138. The van der Waals surface area contributed by atoms with Crippen molar-refractivity contribution >= 4 is 45.8 Å². The molecule has 8 nitrogen and oxygen atoms in total. The maximum absolute atomic E-state index is 12.3. The number of rotatable bonds is 9. The third kappa shape index (κ3) is 15.7. The number of ketones is 2. The Morgan fingerprint density at radius 1 is 0.654 bits per heavy atom. The molecule has 2 aromatic heterocycles. The number of aliphatic carboxylic acids is 1. The number of ether oxygens (including phenoxy) is 1. The number of allylic oxidation sites excluding steroid dienone is 1. The second-order valence-electron chi connectivity index (χ2n) is 9.50. The van der Waals surface area contributed by atoms with E-state index in [0.29, 0.717) is 16.7 Å². The summed E-state index contributed by atoms with van der Waals surface area (Å²) in [6.07, 6.45) is 5.83. The van der Waals surface area contributed by atoms with Crippen LogP contribution in [0.15, 0.2) is 140 Å². The fraction of sp³-hybridized carbons (Fsp3) is 0.227. The maximum Gasteiger partial charge on any atom is 0.311 e. The highest BCUT2D eigenvalue weighted by Crippen LogP contribution is 2.29. The van der Waals surface area contributed by atoms with Crippen LogP contribution in [0.5, 0.6) is 0 Å². The third-order valence-electron chi connectivity index (χ3n) is 6.65. The molecule has 8 heteroatoms. The minimum atomic E-state index is -0.992. The summed E-state index contributed by atoms with van der Waals surface area (Å²) in [5.41, 5.74) is 3.82. The van der Waals surface area contributed by atoms with Gasteiger partial charge in [0, 0.05) is 52.4 Å². The lowest BCUT2D eigenvalue weighted by Crippen LogP contribution is -2.16. The highest BCUT2D eigenvalue weighted by molar-refractivity contribution is 6.04. The minimum absolute atomic E-state index is 0.0544. The van der Waals surface area contributed by atoms with Gasteiger partial charge in [0.25, 0.3) is 6.47 Å². The van der Waals surface area contributed by atoms with Crippen LogP contribution < -0.4 is 0 Å². The number of carboxylic acids is 1. The number of benzene rings is 4. The number of aromatic nitrogens is 2. The molecule has 0 fully saturated rings. The Kier molecular flexibility index (Phi) is 25.4. The van der Waals surface area contributed by atoms with Crippen LogP contribution in [-0.2, 0) is 14.3 Å². The molecule has 0 aliphatic carbocycles. The molecule has 1 atom stereocenters. The molecule has 52 heavy (non-hydrogen) atoms. The van der Waals surface area contributed by atoms with E-state index in [1.54, 1.807) is 54.7 Å². The molecule has 0 spiro atoms. The van der Waals surface area contributed by atoms with E-state index in [9.17, 15) is 24.3 Å². The van der Waals surface area contributed by atoms with Crippen LogP contribution in [0.1, 0.15) is 94.0 Å². The van der Waals surface area contributed by atoms with Gasteiger partial charge in [-0.15, -0.1) is 0 Å². The summed E-state index contributed by atoms with van der Waals surface area (Å²) < 4.78 is 4.24. The number of carboxylic acid groups (broad SMARTS) is 1. The number of hydrogen-bond acceptors (Lipinski definition) is 5. The third-order valence-corrected chi connectivity index (χ3v) is 6.65. The van der Waals surface area contributed by atoms with Crippen LogP contribution >= 0.6 is 0 Å². The summed E-state index contributed by atoms with van der Waals surface area (Å²) in [7, 11) is 0. The number of Topliss-reactive ketones (excluding diaryl/α,β-unsaturated/α-hetero) is 1. The van der Waals surface area contributed by atoms with Crippen molar-refractivity contribution in [3.8, 4) is 0 Å². The van der Waals surface area contributed by atoms with Crippen molar-refractivity contribution in [2.75, 3.05) is 0 Å². The molecule has 4 aromatic carbocycles. The molecule has 6 aromatic rings. The monoisotopic (exact) mass is 706 g/mol. The summed E-state index contributed by atoms with van der Waals surface area (Å²) in [6.45, 7) is 16.3. The Labute approximate surface area is 308 Å². The normalized spacial score (nSPS) is 9.85. The van der Waals surface area contributed by atoms with E-state index in [1.165, 1.54) is 17.0 Å².